The van der Waals surface area contributed by atoms with Gasteiger partial charge in [0.25, 0.3) is 5.91 Å². The summed E-state index contributed by atoms with van der Waals surface area (Å²) < 4.78 is 19.4. The molecule has 2 aromatic carbocycles. The Hall–Kier alpha value is -2.07. The maximum atomic E-state index is 13.9. The zero-order valence-corrected chi connectivity index (χ0v) is 15.9. The van der Waals surface area contributed by atoms with Crippen molar-refractivity contribution in [1.82, 2.24) is 5.32 Å². The van der Waals surface area contributed by atoms with Gasteiger partial charge in [-0.1, -0.05) is 25.4 Å². The fourth-order valence-corrected chi connectivity index (χ4v) is 2.99. The third-order valence-corrected chi connectivity index (χ3v) is 4.47. The largest absolute Gasteiger partial charge is 0.496 e. The average Bonchev–Trinajstić information content (AvgIpc) is 2.53. The van der Waals surface area contributed by atoms with E-state index in [0.29, 0.717) is 0 Å². The molecule has 0 aliphatic carbocycles. The lowest BCUT2D eigenvalue weighted by molar-refractivity contribution is 0.0936. The summed E-state index contributed by atoms with van der Waals surface area (Å²) in [5.74, 6) is 0.0129. The summed E-state index contributed by atoms with van der Waals surface area (Å²) in [6.07, 6.45) is 0. The molecule has 1 amide bonds. The van der Waals surface area contributed by atoms with Crippen molar-refractivity contribution in [2.75, 3.05) is 7.11 Å². The fourth-order valence-electron chi connectivity index (χ4n) is 2.84. The van der Waals surface area contributed by atoms with E-state index in [2.05, 4.69) is 19.2 Å². The van der Waals surface area contributed by atoms with Gasteiger partial charge in [0.2, 0.25) is 0 Å². The second kappa shape index (κ2) is 7.87. The number of nitrogens with one attached hydrogen (secondary N) is 1. The Bertz CT molecular complexity index is 790. The van der Waals surface area contributed by atoms with Crippen molar-refractivity contribution in [3.05, 3.63) is 63.4 Å². The van der Waals surface area contributed by atoms with Gasteiger partial charge in [-0.15, -0.1) is 0 Å². The Morgan fingerprint density at radius 1 is 1.16 bits per heavy atom. The van der Waals surface area contributed by atoms with Gasteiger partial charge in [-0.05, 0) is 66.8 Å². The van der Waals surface area contributed by atoms with Crippen LogP contribution < -0.4 is 10.1 Å². The first-order valence-corrected chi connectivity index (χ1v) is 8.56. The zero-order chi connectivity index (χ0) is 18.7. The quantitative estimate of drug-likeness (QED) is 0.771. The molecule has 0 saturated carbocycles. The molecule has 1 N–H and O–H groups in total. The predicted molar refractivity (Wildman–Crippen MR) is 99.1 cm³/mol. The molecule has 0 aliphatic rings. The number of ether oxygens (including phenoxy) is 1. The van der Waals surface area contributed by atoms with Crippen LogP contribution in [-0.4, -0.2) is 13.0 Å². The second-order valence-electron chi connectivity index (χ2n) is 6.42. The fraction of sp³-hybridized carbons (Fsp3) is 0.350. The van der Waals surface area contributed by atoms with Crippen molar-refractivity contribution < 1.29 is 13.9 Å². The van der Waals surface area contributed by atoms with Crippen molar-refractivity contribution in [3.63, 3.8) is 0 Å². The van der Waals surface area contributed by atoms with Crippen molar-refractivity contribution in [3.8, 4) is 5.75 Å². The Morgan fingerprint density at radius 3 is 2.40 bits per heavy atom. The number of methoxy groups -OCH3 is 1. The molecule has 2 rings (SSSR count). The van der Waals surface area contributed by atoms with E-state index in [-0.39, 0.29) is 22.5 Å². The average molecular weight is 364 g/mol. The highest BCUT2D eigenvalue weighted by Gasteiger charge is 2.19. The number of halogens is 2. The van der Waals surface area contributed by atoms with E-state index < -0.39 is 11.7 Å². The molecule has 2 aromatic rings. The van der Waals surface area contributed by atoms with E-state index in [9.17, 15) is 9.18 Å². The number of aryl methyl sites for hydroxylation is 1. The minimum absolute atomic E-state index is 0.0218. The molecule has 0 radical (unpaired) electrons. The van der Waals surface area contributed by atoms with Crippen molar-refractivity contribution in [1.29, 1.82) is 0 Å². The van der Waals surface area contributed by atoms with Gasteiger partial charge in [0.15, 0.2) is 0 Å². The van der Waals surface area contributed by atoms with E-state index >= 15 is 0 Å². The minimum Gasteiger partial charge on any atom is -0.496 e. The first kappa shape index (κ1) is 19.3. The summed E-state index contributed by atoms with van der Waals surface area (Å²) in [5, 5.41) is 3.11. The Kier molecular flexibility index (Phi) is 6.07. The third kappa shape index (κ3) is 4.31. The number of benzene rings is 2. The summed E-state index contributed by atoms with van der Waals surface area (Å²) in [6, 6.07) is 7.76. The number of hydrogen-bond donors (Lipinski definition) is 1. The second-order valence-corrected chi connectivity index (χ2v) is 6.86. The summed E-state index contributed by atoms with van der Waals surface area (Å²) in [7, 11) is 1.65. The van der Waals surface area contributed by atoms with Gasteiger partial charge in [-0.2, -0.15) is 0 Å². The molecule has 5 heteroatoms. The van der Waals surface area contributed by atoms with Crippen LogP contribution in [0.3, 0.4) is 0 Å². The summed E-state index contributed by atoms with van der Waals surface area (Å²) >= 11 is 5.74. The number of amides is 1. The van der Waals surface area contributed by atoms with Crippen LogP contribution in [0, 0.1) is 12.7 Å². The highest BCUT2D eigenvalue weighted by Crippen LogP contribution is 2.32. The van der Waals surface area contributed by atoms with Crippen LogP contribution in [-0.2, 0) is 0 Å². The standard InChI is InChI=1S/C20H23ClFNO2/c1-11(2)16-10-17(12(3)8-19(16)25-5)13(4)23-20(24)15-7-6-14(21)9-18(15)22/h6-11,13H,1-5H3,(H,23,24). The lowest BCUT2D eigenvalue weighted by atomic mass is 9.93. The highest BCUT2D eigenvalue weighted by molar-refractivity contribution is 6.30. The Balaban J connectivity index is 2.29. The molecule has 134 valence electrons. The number of rotatable bonds is 5. The monoisotopic (exact) mass is 363 g/mol. The maximum absolute atomic E-state index is 13.9. The van der Waals surface area contributed by atoms with Crippen LogP contribution in [0.1, 0.15) is 59.8 Å². The van der Waals surface area contributed by atoms with Crippen LogP contribution in [0.15, 0.2) is 30.3 Å². The van der Waals surface area contributed by atoms with E-state index in [1.54, 1.807) is 7.11 Å². The predicted octanol–water partition coefficient (Wildman–Crippen LogP) is 5.41. The first-order valence-electron chi connectivity index (χ1n) is 8.19. The van der Waals surface area contributed by atoms with Gasteiger partial charge in [0, 0.05) is 5.02 Å². The van der Waals surface area contributed by atoms with Gasteiger partial charge >= 0.3 is 0 Å². The number of carbonyl (C=O) groups is 1. The van der Waals surface area contributed by atoms with Crippen molar-refractivity contribution in [2.24, 2.45) is 0 Å². The minimum atomic E-state index is -0.633. The Labute approximate surface area is 153 Å². The summed E-state index contributed by atoms with van der Waals surface area (Å²) in [4.78, 5) is 12.4. The van der Waals surface area contributed by atoms with E-state index in [0.717, 1.165) is 28.5 Å². The lowest BCUT2D eigenvalue weighted by Crippen LogP contribution is -2.28. The van der Waals surface area contributed by atoms with Crippen molar-refractivity contribution in [2.45, 2.75) is 39.7 Å². The van der Waals surface area contributed by atoms with E-state index in [1.165, 1.54) is 12.1 Å². The molecule has 0 aliphatic heterocycles. The normalized spacial score (nSPS) is 12.2. The van der Waals surface area contributed by atoms with E-state index in [4.69, 9.17) is 16.3 Å². The molecule has 0 heterocycles. The topological polar surface area (TPSA) is 38.3 Å². The molecule has 0 saturated heterocycles. The van der Waals surface area contributed by atoms with Crippen LogP contribution in [0.4, 0.5) is 4.39 Å². The lowest BCUT2D eigenvalue weighted by Gasteiger charge is -2.21. The van der Waals surface area contributed by atoms with Gasteiger partial charge in [0.05, 0.1) is 18.7 Å². The number of carbonyl (C=O) groups excluding carboxylic acids is 1. The van der Waals surface area contributed by atoms with Gasteiger partial charge in [0.1, 0.15) is 11.6 Å². The molecule has 0 aromatic heterocycles. The molecule has 1 unspecified atom stereocenters. The van der Waals surface area contributed by atoms with Gasteiger partial charge in [-0.3, -0.25) is 4.79 Å². The summed E-state index contributed by atoms with van der Waals surface area (Å²) in [6.45, 7) is 8.02. The molecule has 1 atom stereocenters. The molecule has 3 nitrogen and oxygen atoms in total. The molecular weight excluding hydrogens is 341 g/mol. The molecule has 25 heavy (non-hydrogen) atoms. The molecule has 0 spiro atoms. The molecule has 0 fully saturated rings. The maximum Gasteiger partial charge on any atom is 0.254 e. The highest BCUT2D eigenvalue weighted by atomic mass is 35.5. The molecular formula is C20H23ClFNO2. The van der Waals surface area contributed by atoms with Crippen LogP contribution in [0.5, 0.6) is 5.75 Å². The smallest absolute Gasteiger partial charge is 0.254 e. The van der Waals surface area contributed by atoms with Gasteiger partial charge in [-0.25, -0.2) is 4.39 Å². The summed E-state index contributed by atoms with van der Waals surface area (Å²) in [5.41, 5.74) is 3.03. The van der Waals surface area contributed by atoms with Crippen LogP contribution >= 0.6 is 11.6 Å². The van der Waals surface area contributed by atoms with Crippen LogP contribution in [0.2, 0.25) is 5.02 Å². The van der Waals surface area contributed by atoms with Gasteiger partial charge < -0.3 is 10.1 Å². The van der Waals surface area contributed by atoms with Crippen molar-refractivity contribution >= 4 is 17.5 Å². The Morgan fingerprint density at radius 2 is 1.84 bits per heavy atom. The SMILES string of the molecule is COc1cc(C)c(C(C)NC(=O)c2ccc(Cl)cc2F)cc1C(C)C. The molecule has 0 bridgehead atoms. The van der Waals surface area contributed by atoms with Crippen LogP contribution in [0.25, 0.3) is 0 Å². The first-order chi connectivity index (χ1) is 11.7. The third-order valence-electron chi connectivity index (χ3n) is 4.23. The van der Waals surface area contributed by atoms with E-state index in [1.807, 2.05) is 26.0 Å². The number of hydrogen-bond acceptors (Lipinski definition) is 2. The zero-order valence-electron chi connectivity index (χ0n) is 15.1.